The summed E-state index contributed by atoms with van der Waals surface area (Å²) in [4.78, 5) is 0. The lowest BCUT2D eigenvalue weighted by atomic mass is 10.2. The van der Waals surface area contributed by atoms with Crippen molar-refractivity contribution in [1.29, 1.82) is 0 Å². The van der Waals surface area contributed by atoms with E-state index in [9.17, 15) is 0 Å². The van der Waals surface area contributed by atoms with E-state index < -0.39 is 0 Å². The van der Waals surface area contributed by atoms with Gasteiger partial charge in [0.2, 0.25) is 0 Å². The minimum Gasteiger partial charge on any atom is -0.197 e. The number of hydrogen-bond acceptors (Lipinski definition) is 2. The Kier molecular flexibility index (Phi) is 4.13. The molecule has 0 saturated heterocycles. The van der Waals surface area contributed by atoms with Gasteiger partial charge in [0.05, 0.1) is 6.04 Å². The van der Waals surface area contributed by atoms with Crippen LogP contribution in [0, 0.1) is 0 Å². The predicted octanol–water partition coefficient (Wildman–Crippen LogP) is 2.03. The van der Waals surface area contributed by atoms with Crippen molar-refractivity contribution in [1.82, 2.24) is 0 Å². The number of nitrogens with zero attached hydrogens (tertiary/aromatic N) is 2. The Bertz CT molecular complexity index is 86.5. The predicted molar refractivity (Wildman–Crippen MR) is 35.1 cm³/mol. The first-order valence-corrected chi connectivity index (χ1v) is 2.71. The molecule has 2 nitrogen and oxygen atoms in total. The van der Waals surface area contributed by atoms with Gasteiger partial charge in [0.15, 0.2) is 0 Å². The maximum atomic E-state index is 3.87. The highest BCUT2D eigenvalue weighted by Crippen LogP contribution is 1.95. The highest BCUT2D eigenvalue weighted by Gasteiger charge is 1.90. The lowest BCUT2D eigenvalue weighted by molar-refractivity contribution is 0.708. The van der Waals surface area contributed by atoms with Crippen LogP contribution >= 0.6 is 0 Å². The molecule has 0 fully saturated rings. The van der Waals surface area contributed by atoms with Crippen LogP contribution in [0.5, 0.6) is 0 Å². The largest absolute Gasteiger partial charge is 0.197 e. The second kappa shape index (κ2) is 4.50. The molecule has 0 aromatic heterocycles. The molecular weight excluding hydrogens is 100 g/mol. The Balaban J connectivity index is 3.31. The van der Waals surface area contributed by atoms with E-state index in [1.807, 2.05) is 13.0 Å². The summed E-state index contributed by atoms with van der Waals surface area (Å²) in [6.45, 7) is 5.59. The van der Waals surface area contributed by atoms with Crippen molar-refractivity contribution in [2.45, 2.75) is 19.4 Å². The van der Waals surface area contributed by atoms with Gasteiger partial charge in [-0.3, -0.25) is 0 Å². The van der Waals surface area contributed by atoms with Crippen LogP contribution in [0.15, 0.2) is 22.9 Å². The smallest absolute Gasteiger partial charge is 0.0714 e. The average molecular weight is 112 g/mol. The summed E-state index contributed by atoms with van der Waals surface area (Å²) in [7, 11) is 1.68. The summed E-state index contributed by atoms with van der Waals surface area (Å²) >= 11 is 0. The number of azo groups is 1. The lowest BCUT2D eigenvalue weighted by Gasteiger charge is -1.95. The fourth-order valence-corrected chi connectivity index (χ4v) is 0.485. The molecule has 0 spiro atoms. The van der Waals surface area contributed by atoms with Crippen LogP contribution in [0.2, 0.25) is 0 Å². The van der Waals surface area contributed by atoms with Crippen molar-refractivity contribution in [2.75, 3.05) is 7.05 Å². The third kappa shape index (κ3) is 3.53. The second-order valence-corrected chi connectivity index (χ2v) is 1.69. The van der Waals surface area contributed by atoms with Crippen molar-refractivity contribution < 1.29 is 0 Å². The quantitative estimate of drug-likeness (QED) is 0.394. The average Bonchev–Trinajstić information content (AvgIpc) is 1.68. The van der Waals surface area contributed by atoms with E-state index in [-0.39, 0.29) is 0 Å². The highest BCUT2D eigenvalue weighted by atomic mass is 15.1. The van der Waals surface area contributed by atoms with E-state index >= 15 is 0 Å². The van der Waals surface area contributed by atoms with Crippen molar-refractivity contribution in [3.63, 3.8) is 0 Å². The second-order valence-electron chi connectivity index (χ2n) is 1.69. The molecule has 0 aromatic carbocycles. The highest BCUT2D eigenvalue weighted by molar-refractivity contribution is 4.72. The molecular formula is C6H12N2. The molecule has 0 N–H and O–H groups in total. The SMILES string of the molecule is C=CC[C@H](C)N=NC. The topological polar surface area (TPSA) is 24.7 Å². The van der Waals surface area contributed by atoms with Gasteiger partial charge in [-0.05, 0) is 13.3 Å². The summed E-state index contributed by atoms with van der Waals surface area (Å²) in [5.41, 5.74) is 0. The zero-order valence-electron chi connectivity index (χ0n) is 5.46. The Morgan fingerprint density at radius 1 is 1.75 bits per heavy atom. The van der Waals surface area contributed by atoms with Gasteiger partial charge < -0.3 is 0 Å². The normalized spacial score (nSPS) is 14.2. The first-order chi connectivity index (χ1) is 3.81. The molecule has 1 atom stereocenters. The van der Waals surface area contributed by atoms with E-state index in [1.165, 1.54) is 0 Å². The molecule has 0 heterocycles. The Hall–Kier alpha value is -0.660. The van der Waals surface area contributed by atoms with Crippen molar-refractivity contribution in [2.24, 2.45) is 10.2 Å². The van der Waals surface area contributed by atoms with Crippen LogP contribution in [0.1, 0.15) is 13.3 Å². The number of hydrogen-bond donors (Lipinski definition) is 0. The molecule has 0 amide bonds. The Morgan fingerprint density at radius 2 is 2.38 bits per heavy atom. The third-order valence-electron chi connectivity index (χ3n) is 0.820. The van der Waals surface area contributed by atoms with E-state index in [2.05, 4.69) is 16.8 Å². The van der Waals surface area contributed by atoms with Crippen molar-refractivity contribution >= 4 is 0 Å². The van der Waals surface area contributed by atoms with Gasteiger partial charge in [0.1, 0.15) is 0 Å². The van der Waals surface area contributed by atoms with Gasteiger partial charge in [0, 0.05) is 7.05 Å². The molecule has 0 unspecified atom stereocenters. The molecule has 2 heteroatoms. The minimum atomic E-state index is 0.303. The van der Waals surface area contributed by atoms with Crippen LogP contribution in [-0.4, -0.2) is 13.1 Å². The molecule has 0 saturated carbocycles. The van der Waals surface area contributed by atoms with E-state index in [0.29, 0.717) is 6.04 Å². The van der Waals surface area contributed by atoms with Gasteiger partial charge >= 0.3 is 0 Å². The Morgan fingerprint density at radius 3 is 2.75 bits per heavy atom. The van der Waals surface area contributed by atoms with Crippen LogP contribution in [0.4, 0.5) is 0 Å². The van der Waals surface area contributed by atoms with Crippen LogP contribution in [0.3, 0.4) is 0 Å². The third-order valence-corrected chi connectivity index (χ3v) is 0.820. The van der Waals surface area contributed by atoms with Crippen molar-refractivity contribution in [3.05, 3.63) is 12.7 Å². The molecule has 0 aromatic rings. The molecule has 8 heavy (non-hydrogen) atoms. The summed E-state index contributed by atoms with van der Waals surface area (Å²) in [6.07, 6.45) is 2.76. The molecule has 0 aliphatic carbocycles. The van der Waals surface area contributed by atoms with Crippen molar-refractivity contribution in [3.8, 4) is 0 Å². The molecule has 0 aliphatic rings. The van der Waals surface area contributed by atoms with Crippen LogP contribution < -0.4 is 0 Å². The Labute approximate surface area is 50.3 Å². The fraction of sp³-hybridized carbons (Fsp3) is 0.667. The summed E-state index contributed by atoms with van der Waals surface area (Å²) in [5.74, 6) is 0. The fourth-order valence-electron chi connectivity index (χ4n) is 0.485. The first-order valence-electron chi connectivity index (χ1n) is 2.71. The zero-order chi connectivity index (χ0) is 6.41. The van der Waals surface area contributed by atoms with Crippen LogP contribution in [-0.2, 0) is 0 Å². The molecule has 0 rings (SSSR count). The summed E-state index contributed by atoms with van der Waals surface area (Å²) < 4.78 is 0. The van der Waals surface area contributed by atoms with Gasteiger partial charge in [-0.25, -0.2) is 0 Å². The molecule has 0 bridgehead atoms. The lowest BCUT2D eigenvalue weighted by Crippen LogP contribution is -1.92. The van der Waals surface area contributed by atoms with E-state index in [4.69, 9.17) is 0 Å². The summed E-state index contributed by atoms with van der Waals surface area (Å²) in [5, 5.41) is 7.50. The maximum absolute atomic E-state index is 3.87. The zero-order valence-corrected chi connectivity index (χ0v) is 5.46. The van der Waals surface area contributed by atoms with Gasteiger partial charge in [-0.2, -0.15) is 10.2 Å². The van der Waals surface area contributed by atoms with Gasteiger partial charge in [0.25, 0.3) is 0 Å². The van der Waals surface area contributed by atoms with Gasteiger partial charge in [-0.1, -0.05) is 6.08 Å². The van der Waals surface area contributed by atoms with E-state index in [1.54, 1.807) is 7.05 Å². The minimum absolute atomic E-state index is 0.303. The maximum Gasteiger partial charge on any atom is 0.0714 e. The monoisotopic (exact) mass is 112 g/mol. The van der Waals surface area contributed by atoms with Gasteiger partial charge in [-0.15, -0.1) is 6.58 Å². The first kappa shape index (κ1) is 7.34. The molecule has 46 valence electrons. The van der Waals surface area contributed by atoms with E-state index in [0.717, 1.165) is 6.42 Å². The number of rotatable bonds is 3. The van der Waals surface area contributed by atoms with Crippen LogP contribution in [0.25, 0.3) is 0 Å². The molecule has 0 aliphatic heterocycles. The molecule has 0 radical (unpaired) electrons. The summed E-state index contributed by atoms with van der Waals surface area (Å²) in [6, 6.07) is 0.303. The standard InChI is InChI=1S/C6H12N2/c1-4-5-6(2)8-7-3/h4,6H,1,5H2,2-3H3/t6-/m0/s1.